The van der Waals surface area contributed by atoms with Gasteiger partial charge in [-0.1, -0.05) is 26.0 Å². The lowest BCUT2D eigenvalue weighted by molar-refractivity contribution is -0.123. The number of hydrogen-bond donors (Lipinski definition) is 0. The largest absolute Gasteiger partial charge is 0.372 e. The van der Waals surface area contributed by atoms with Crippen LogP contribution in [0.2, 0.25) is 0 Å². The topological polar surface area (TPSA) is 37.4 Å². The van der Waals surface area contributed by atoms with Crippen LogP contribution in [0, 0.1) is 5.92 Å². The summed E-state index contributed by atoms with van der Waals surface area (Å²) in [5.41, 5.74) is 2.20. The van der Waals surface area contributed by atoms with E-state index >= 15 is 0 Å². The molecule has 2 unspecified atom stereocenters. The van der Waals surface area contributed by atoms with E-state index in [4.69, 9.17) is 0 Å². The van der Waals surface area contributed by atoms with E-state index in [0.29, 0.717) is 12.8 Å². The smallest absolute Gasteiger partial charge is 0.137 e. The van der Waals surface area contributed by atoms with Crippen LogP contribution in [0.5, 0.6) is 0 Å². The van der Waals surface area contributed by atoms with Crippen molar-refractivity contribution in [3.05, 3.63) is 29.8 Å². The molecule has 0 radical (unpaired) electrons. The van der Waals surface area contributed by atoms with E-state index in [1.54, 1.807) is 6.92 Å². The summed E-state index contributed by atoms with van der Waals surface area (Å²) in [4.78, 5) is 26.3. The highest BCUT2D eigenvalue weighted by atomic mass is 16.1. The van der Waals surface area contributed by atoms with Crippen LogP contribution in [0.15, 0.2) is 24.3 Å². The minimum atomic E-state index is -0.172. The molecule has 0 aliphatic heterocycles. The molecule has 0 aromatic heterocycles. The van der Waals surface area contributed by atoms with Gasteiger partial charge in [0, 0.05) is 37.0 Å². The standard InChI is InChI=1S/C20H31NO2/c1-6-15(4)20(23)14-13-19(16(5)22)17-9-11-18(12-10-17)21(7-2)8-3/h9-12,15,19H,6-8,13-14H2,1-5H3. The molecule has 2 atom stereocenters. The summed E-state index contributed by atoms with van der Waals surface area (Å²) >= 11 is 0. The minimum absolute atomic E-state index is 0.0904. The highest BCUT2D eigenvalue weighted by molar-refractivity contribution is 5.85. The predicted octanol–water partition coefficient (Wildman–Crippen LogP) is 4.60. The van der Waals surface area contributed by atoms with E-state index in [1.807, 2.05) is 26.0 Å². The van der Waals surface area contributed by atoms with Crippen LogP contribution in [-0.2, 0) is 9.59 Å². The molecule has 1 aromatic rings. The Morgan fingerprint density at radius 2 is 1.61 bits per heavy atom. The number of anilines is 1. The second-order valence-corrected chi connectivity index (χ2v) is 6.24. The number of ketones is 2. The fourth-order valence-electron chi connectivity index (χ4n) is 2.87. The average molecular weight is 317 g/mol. The van der Waals surface area contributed by atoms with E-state index < -0.39 is 0 Å². The minimum Gasteiger partial charge on any atom is -0.372 e. The van der Waals surface area contributed by atoms with Crippen molar-refractivity contribution in [1.29, 1.82) is 0 Å². The van der Waals surface area contributed by atoms with Crippen LogP contribution in [0.25, 0.3) is 0 Å². The summed E-state index contributed by atoms with van der Waals surface area (Å²) in [7, 11) is 0. The maximum absolute atomic E-state index is 12.0. The van der Waals surface area contributed by atoms with Crippen LogP contribution < -0.4 is 4.90 Å². The molecule has 0 heterocycles. The maximum atomic E-state index is 12.0. The Morgan fingerprint density at radius 1 is 1.04 bits per heavy atom. The van der Waals surface area contributed by atoms with E-state index in [0.717, 1.165) is 25.1 Å². The van der Waals surface area contributed by atoms with Crippen molar-refractivity contribution in [3.8, 4) is 0 Å². The molecule has 0 bridgehead atoms. The second kappa shape index (κ2) is 9.49. The van der Waals surface area contributed by atoms with E-state index in [1.165, 1.54) is 5.69 Å². The lowest BCUT2D eigenvalue weighted by Gasteiger charge is -2.22. The Morgan fingerprint density at radius 3 is 2.04 bits per heavy atom. The molecule has 128 valence electrons. The Labute approximate surface area is 141 Å². The Balaban J connectivity index is 2.82. The van der Waals surface area contributed by atoms with E-state index in [9.17, 15) is 9.59 Å². The third-order valence-corrected chi connectivity index (χ3v) is 4.76. The highest BCUT2D eigenvalue weighted by Crippen LogP contribution is 2.26. The molecule has 0 aliphatic carbocycles. The predicted molar refractivity (Wildman–Crippen MR) is 97.1 cm³/mol. The van der Waals surface area contributed by atoms with Crippen LogP contribution in [0.4, 0.5) is 5.69 Å². The summed E-state index contributed by atoms with van der Waals surface area (Å²) in [6.07, 6.45) is 1.96. The monoisotopic (exact) mass is 317 g/mol. The molecule has 3 heteroatoms. The molecular weight excluding hydrogens is 286 g/mol. The molecule has 0 N–H and O–H groups in total. The summed E-state index contributed by atoms with van der Waals surface area (Å²) in [6.45, 7) is 11.8. The van der Waals surface area contributed by atoms with Gasteiger partial charge in [-0.2, -0.15) is 0 Å². The molecule has 0 amide bonds. The third kappa shape index (κ3) is 5.49. The van der Waals surface area contributed by atoms with Crippen molar-refractivity contribution >= 4 is 17.3 Å². The van der Waals surface area contributed by atoms with Crippen LogP contribution in [0.3, 0.4) is 0 Å². The van der Waals surface area contributed by atoms with E-state index in [2.05, 4.69) is 30.9 Å². The van der Waals surface area contributed by atoms with Crippen LogP contribution >= 0.6 is 0 Å². The molecule has 0 fully saturated rings. The Bertz CT molecular complexity index is 503. The number of benzene rings is 1. The summed E-state index contributed by atoms with van der Waals surface area (Å²) in [5, 5.41) is 0. The fraction of sp³-hybridized carbons (Fsp3) is 0.600. The normalized spacial score (nSPS) is 13.4. The number of carbonyl (C=O) groups is 2. The van der Waals surface area contributed by atoms with Gasteiger partial charge >= 0.3 is 0 Å². The molecule has 1 aromatic carbocycles. The first-order valence-electron chi connectivity index (χ1n) is 8.82. The lowest BCUT2D eigenvalue weighted by Crippen LogP contribution is -2.21. The number of rotatable bonds is 10. The Hall–Kier alpha value is -1.64. The van der Waals surface area contributed by atoms with Gasteiger partial charge in [0.05, 0.1) is 0 Å². The van der Waals surface area contributed by atoms with Crippen LogP contribution in [-0.4, -0.2) is 24.7 Å². The summed E-state index contributed by atoms with van der Waals surface area (Å²) in [6, 6.07) is 8.23. The zero-order valence-electron chi connectivity index (χ0n) is 15.3. The Kier molecular flexibility index (Phi) is 8.01. The zero-order chi connectivity index (χ0) is 17.4. The van der Waals surface area contributed by atoms with Gasteiger partial charge in [0.25, 0.3) is 0 Å². The highest BCUT2D eigenvalue weighted by Gasteiger charge is 2.20. The van der Waals surface area contributed by atoms with Gasteiger partial charge < -0.3 is 4.90 Å². The average Bonchev–Trinajstić information content (AvgIpc) is 2.56. The van der Waals surface area contributed by atoms with Gasteiger partial charge in [0.2, 0.25) is 0 Å². The van der Waals surface area contributed by atoms with Gasteiger partial charge in [-0.3, -0.25) is 9.59 Å². The van der Waals surface area contributed by atoms with Crippen molar-refractivity contribution in [2.45, 2.75) is 59.8 Å². The van der Waals surface area contributed by atoms with Gasteiger partial charge in [-0.25, -0.2) is 0 Å². The van der Waals surface area contributed by atoms with Crippen molar-refractivity contribution in [2.75, 3.05) is 18.0 Å². The maximum Gasteiger partial charge on any atom is 0.137 e. The van der Waals surface area contributed by atoms with Crippen molar-refractivity contribution < 1.29 is 9.59 Å². The molecule has 23 heavy (non-hydrogen) atoms. The second-order valence-electron chi connectivity index (χ2n) is 6.24. The molecule has 0 aliphatic rings. The van der Waals surface area contributed by atoms with Crippen molar-refractivity contribution in [1.82, 2.24) is 0 Å². The van der Waals surface area contributed by atoms with E-state index in [-0.39, 0.29) is 23.4 Å². The third-order valence-electron chi connectivity index (χ3n) is 4.76. The molecule has 1 rings (SSSR count). The molecule has 0 spiro atoms. The fourth-order valence-corrected chi connectivity index (χ4v) is 2.87. The molecule has 3 nitrogen and oxygen atoms in total. The van der Waals surface area contributed by atoms with Gasteiger partial charge in [-0.15, -0.1) is 0 Å². The van der Waals surface area contributed by atoms with Crippen molar-refractivity contribution in [3.63, 3.8) is 0 Å². The zero-order valence-corrected chi connectivity index (χ0v) is 15.3. The van der Waals surface area contributed by atoms with Crippen molar-refractivity contribution in [2.24, 2.45) is 5.92 Å². The number of hydrogen-bond acceptors (Lipinski definition) is 3. The van der Waals surface area contributed by atoms with Gasteiger partial charge in [0.1, 0.15) is 11.6 Å². The molecule has 0 saturated heterocycles. The number of Topliss-reactive ketones (excluding diaryl/α,β-unsaturated/α-hetero) is 2. The van der Waals surface area contributed by atoms with Gasteiger partial charge in [-0.05, 0) is 51.3 Å². The summed E-state index contributed by atoms with van der Waals surface area (Å²) < 4.78 is 0. The number of carbonyl (C=O) groups excluding carboxylic acids is 2. The number of nitrogens with zero attached hydrogens (tertiary/aromatic N) is 1. The first-order chi connectivity index (χ1) is 10.9. The van der Waals surface area contributed by atoms with Crippen LogP contribution in [0.1, 0.15) is 65.4 Å². The quantitative estimate of drug-likeness (QED) is 0.633. The first kappa shape index (κ1) is 19.4. The lowest BCUT2D eigenvalue weighted by atomic mass is 9.88. The SMILES string of the molecule is CCC(C)C(=O)CCC(C(C)=O)c1ccc(N(CC)CC)cc1. The first-order valence-corrected chi connectivity index (χ1v) is 8.82. The summed E-state index contributed by atoms with van der Waals surface area (Å²) in [5.74, 6) is 0.317. The molecular formula is C20H31NO2. The van der Waals surface area contributed by atoms with Gasteiger partial charge in [0.15, 0.2) is 0 Å². The molecule has 0 saturated carbocycles.